The van der Waals surface area contributed by atoms with Gasteiger partial charge in [0.2, 0.25) is 0 Å². The molecule has 1 amide bonds. The van der Waals surface area contributed by atoms with E-state index < -0.39 is 29.4 Å². The third-order valence-electron chi connectivity index (χ3n) is 3.52. The van der Waals surface area contributed by atoms with Crippen molar-refractivity contribution < 1.29 is 24.2 Å². The van der Waals surface area contributed by atoms with Crippen LogP contribution in [0.5, 0.6) is 0 Å². The van der Waals surface area contributed by atoms with Crippen LogP contribution in [-0.4, -0.2) is 54.5 Å². The highest BCUT2D eigenvalue weighted by molar-refractivity contribution is 5.87. The molecule has 6 nitrogen and oxygen atoms in total. The molecule has 0 radical (unpaired) electrons. The van der Waals surface area contributed by atoms with E-state index in [1.54, 1.807) is 13.8 Å². The molecule has 1 heterocycles. The lowest BCUT2D eigenvalue weighted by Gasteiger charge is -2.32. The highest BCUT2D eigenvalue weighted by atomic mass is 16.5. The van der Waals surface area contributed by atoms with Crippen molar-refractivity contribution in [2.45, 2.75) is 39.3 Å². The number of hydrogen-bond donors (Lipinski definition) is 1. The molecule has 2 atom stereocenters. The van der Waals surface area contributed by atoms with Crippen LogP contribution in [0.3, 0.4) is 0 Å². The predicted octanol–water partition coefficient (Wildman–Crippen LogP) is 0.141. The number of esters is 1. The Kier molecular flexibility index (Phi) is 4.70. The second kappa shape index (κ2) is 5.67. The van der Waals surface area contributed by atoms with Gasteiger partial charge in [0.15, 0.2) is 6.04 Å². The lowest BCUT2D eigenvalue weighted by atomic mass is 9.83. The Bertz CT molecular complexity index is 328. The first kappa shape index (κ1) is 14.9. The van der Waals surface area contributed by atoms with Crippen LogP contribution in [0.25, 0.3) is 0 Å². The van der Waals surface area contributed by atoms with Crippen molar-refractivity contribution in [3.05, 3.63) is 0 Å². The summed E-state index contributed by atoms with van der Waals surface area (Å²) >= 11 is 0. The van der Waals surface area contributed by atoms with Crippen molar-refractivity contribution in [2.75, 3.05) is 20.4 Å². The van der Waals surface area contributed by atoms with Gasteiger partial charge in [0.25, 0.3) is 5.91 Å². The van der Waals surface area contributed by atoms with E-state index in [1.165, 1.54) is 12.0 Å². The van der Waals surface area contributed by atoms with E-state index in [9.17, 15) is 14.7 Å². The topological polar surface area (TPSA) is 76.1 Å². The Morgan fingerprint density at radius 1 is 1.56 bits per heavy atom. The van der Waals surface area contributed by atoms with Crippen LogP contribution in [0.4, 0.5) is 0 Å². The van der Waals surface area contributed by atoms with E-state index in [4.69, 9.17) is 4.74 Å². The monoisotopic (exact) mass is 259 g/mol. The summed E-state index contributed by atoms with van der Waals surface area (Å²) in [7, 11) is 1.26. The Morgan fingerprint density at radius 2 is 2.17 bits per heavy atom. The SMILES string of the molecule is CCC(C)(C)C(O)C(=O)N1COCC1C(=O)OC. The van der Waals surface area contributed by atoms with E-state index in [-0.39, 0.29) is 13.3 Å². The number of amides is 1. The molecule has 1 saturated heterocycles. The predicted molar refractivity (Wildman–Crippen MR) is 63.5 cm³/mol. The van der Waals surface area contributed by atoms with E-state index in [1.807, 2.05) is 6.92 Å². The molecule has 0 aromatic heterocycles. The molecule has 1 aliphatic rings. The number of methoxy groups -OCH3 is 1. The maximum Gasteiger partial charge on any atom is 0.331 e. The maximum atomic E-state index is 12.2. The molecule has 1 aliphatic heterocycles. The Morgan fingerprint density at radius 3 is 2.67 bits per heavy atom. The number of hydrogen-bond acceptors (Lipinski definition) is 5. The van der Waals surface area contributed by atoms with Gasteiger partial charge in [-0.25, -0.2) is 4.79 Å². The number of rotatable bonds is 4. The molecule has 0 saturated carbocycles. The fourth-order valence-corrected chi connectivity index (χ4v) is 1.68. The molecule has 2 unspecified atom stereocenters. The molecule has 1 rings (SSSR count). The molecule has 0 aliphatic carbocycles. The quantitative estimate of drug-likeness (QED) is 0.727. The highest BCUT2D eigenvalue weighted by Crippen LogP contribution is 2.27. The Hall–Kier alpha value is -1.14. The van der Waals surface area contributed by atoms with Crippen LogP contribution < -0.4 is 0 Å². The average Bonchev–Trinajstić information content (AvgIpc) is 2.85. The van der Waals surface area contributed by atoms with Gasteiger partial charge in [0.1, 0.15) is 12.8 Å². The van der Waals surface area contributed by atoms with Crippen LogP contribution in [0.15, 0.2) is 0 Å². The number of aliphatic hydroxyl groups is 1. The largest absolute Gasteiger partial charge is 0.467 e. The first-order chi connectivity index (χ1) is 8.35. The van der Waals surface area contributed by atoms with Crippen molar-refractivity contribution in [2.24, 2.45) is 5.41 Å². The second-order valence-corrected chi connectivity index (χ2v) is 5.09. The summed E-state index contributed by atoms with van der Waals surface area (Å²) in [6.07, 6.45) is -0.506. The van der Waals surface area contributed by atoms with Gasteiger partial charge in [-0.1, -0.05) is 20.8 Å². The third kappa shape index (κ3) is 2.81. The number of carbonyl (C=O) groups is 2. The van der Waals surface area contributed by atoms with E-state index in [0.717, 1.165) is 0 Å². The number of carbonyl (C=O) groups excluding carboxylic acids is 2. The van der Waals surface area contributed by atoms with Gasteiger partial charge >= 0.3 is 5.97 Å². The molecular weight excluding hydrogens is 238 g/mol. The van der Waals surface area contributed by atoms with Gasteiger partial charge in [0.05, 0.1) is 13.7 Å². The molecule has 0 spiro atoms. The van der Waals surface area contributed by atoms with E-state index in [0.29, 0.717) is 6.42 Å². The molecule has 1 fully saturated rings. The standard InChI is InChI=1S/C12H21NO5/c1-5-12(2,3)9(14)10(15)13-7-18-6-8(13)11(16)17-4/h8-9,14H,5-7H2,1-4H3. The fourth-order valence-electron chi connectivity index (χ4n) is 1.68. The van der Waals surface area contributed by atoms with Crippen LogP contribution in [0.2, 0.25) is 0 Å². The van der Waals surface area contributed by atoms with Crippen molar-refractivity contribution in [1.29, 1.82) is 0 Å². The van der Waals surface area contributed by atoms with Crippen LogP contribution in [0.1, 0.15) is 27.2 Å². The van der Waals surface area contributed by atoms with Gasteiger partial charge in [-0.3, -0.25) is 4.79 Å². The van der Waals surface area contributed by atoms with Crippen molar-refractivity contribution in [3.8, 4) is 0 Å². The molecule has 0 aromatic rings. The minimum absolute atomic E-state index is 0.00938. The molecule has 104 valence electrons. The van der Waals surface area contributed by atoms with E-state index in [2.05, 4.69) is 4.74 Å². The number of ether oxygens (including phenoxy) is 2. The second-order valence-electron chi connectivity index (χ2n) is 5.09. The summed E-state index contributed by atoms with van der Waals surface area (Å²) in [5.74, 6) is -1.02. The Balaban J connectivity index is 2.80. The van der Waals surface area contributed by atoms with Crippen LogP contribution in [-0.2, 0) is 19.1 Å². The fraction of sp³-hybridized carbons (Fsp3) is 0.833. The first-order valence-corrected chi connectivity index (χ1v) is 5.99. The molecule has 0 aromatic carbocycles. The molecule has 0 bridgehead atoms. The lowest BCUT2D eigenvalue weighted by molar-refractivity contribution is -0.157. The minimum Gasteiger partial charge on any atom is -0.467 e. The summed E-state index contributed by atoms with van der Waals surface area (Å²) < 4.78 is 9.72. The van der Waals surface area contributed by atoms with Gasteiger partial charge in [0, 0.05) is 0 Å². The van der Waals surface area contributed by atoms with Gasteiger partial charge < -0.3 is 19.5 Å². The van der Waals surface area contributed by atoms with Crippen molar-refractivity contribution in [1.82, 2.24) is 4.90 Å². The molecular formula is C12H21NO5. The molecule has 6 heteroatoms. The number of aliphatic hydroxyl groups excluding tert-OH is 1. The zero-order valence-electron chi connectivity index (χ0n) is 11.3. The number of nitrogens with zero attached hydrogens (tertiary/aromatic N) is 1. The lowest BCUT2D eigenvalue weighted by Crippen LogP contribution is -2.50. The van der Waals surface area contributed by atoms with Crippen LogP contribution >= 0.6 is 0 Å². The van der Waals surface area contributed by atoms with Crippen LogP contribution in [0, 0.1) is 5.41 Å². The van der Waals surface area contributed by atoms with Gasteiger partial charge in [-0.15, -0.1) is 0 Å². The van der Waals surface area contributed by atoms with Crippen molar-refractivity contribution >= 4 is 11.9 Å². The minimum atomic E-state index is -1.16. The maximum absolute atomic E-state index is 12.2. The average molecular weight is 259 g/mol. The highest BCUT2D eigenvalue weighted by Gasteiger charge is 2.42. The molecule has 1 N–H and O–H groups in total. The summed E-state index contributed by atoms with van der Waals surface area (Å²) in [5.41, 5.74) is -0.541. The van der Waals surface area contributed by atoms with Crippen molar-refractivity contribution in [3.63, 3.8) is 0 Å². The third-order valence-corrected chi connectivity index (χ3v) is 3.52. The summed E-state index contributed by atoms with van der Waals surface area (Å²) in [4.78, 5) is 24.9. The zero-order chi connectivity index (χ0) is 13.9. The van der Waals surface area contributed by atoms with Gasteiger partial charge in [-0.2, -0.15) is 0 Å². The zero-order valence-corrected chi connectivity index (χ0v) is 11.3. The summed E-state index contributed by atoms with van der Waals surface area (Å²) in [6, 6.07) is -0.759. The van der Waals surface area contributed by atoms with Gasteiger partial charge in [-0.05, 0) is 11.8 Å². The van der Waals surface area contributed by atoms with E-state index >= 15 is 0 Å². The normalized spacial score (nSPS) is 21.8. The Labute approximate surface area is 107 Å². The summed E-state index contributed by atoms with van der Waals surface area (Å²) in [5, 5.41) is 10.1. The first-order valence-electron chi connectivity index (χ1n) is 5.99. The smallest absolute Gasteiger partial charge is 0.331 e. The summed E-state index contributed by atoms with van der Waals surface area (Å²) in [6.45, 7) is 5.63. The molecule has 18 heavy (non-hydrogen) atoms.